The average Bonchev–Trinajstić information content (AvgIpc) is 2.67. The highest BCUT2D eigenvalue weighted by Crippen LogP contribution is 2.25. The Hall–Kier alpha value is -2.08. The third kappa shape index (κ3) is 6.02. The molecule has 0 spiro atoms. The molecule has 0 heterocycles. The number of benzene rings is 3. The number of rotatable bonds is 8. The number of hydrogen-bond donors (Lipinski definition) is 1. The van der Waals surface area contributed by atoms with Crippen molar-refractivity contribution < 1.29 is 4.18 Å². The van der Waals surface area contributed by atoms with Gasteiger partial charge >= 0.3 is 0 Å². The summed E-state index contributed by atoms with van der Waals surface area (Å²) in [4.78, 5) is 1.19. The van der Waals surface area contributed by atoms with Gasteiger partial charge in [-0.1, -0.05) is 48.0 Å². The van der Waals surface area contributed by atoms with Crippen molar-refractivity contribution >= 4 is 29.9 Å². The van der Waals surface area contributed by atoms with Gasteiger partial charge in [-0.15, -0.1) is 0 Å². The summed E-state index contributed by atoms with van der Waals surface area (Å²) < 4.78 is 11.2. The molecule has 134 valence electrons. The van der Waals surface area contributed by atoms with Gasteiger partial charge < -0.3 is 8.91 Å². The van der Waals surface area contributed by atoms with E-state index in [1.807, 2.05) is 37.4 Å². The fraction of sp³-hybridized carbons (Fsp3) is 0.143. The van der Waals surface area contributed by atoms with Crippen molar-refractivity contribution in [3.8, 4) is 5.75 Å². The van der Waals surface area contributed by atoms with Crippen molar-refractivity contribution in [2.75, 3.05) is 11.8 Å². The van der Waals surface area contributed by atoms with Crippen LogP contribution in [0.3, 0.4) is 0 Å². The number of nitrogens with zero attached hydrogens (tertiary/aromatic N) is 1. The molecule has 26 heavy (non-hydrogen) atoms. The van der Waals surface area contributed by atoms with Crippen LogP contribution in [-0.4, -0.2) is 11.4 Å². The molecule has 0 fully saturated rings. The van der Waals surface area contributed by atoms with E-state index in [0.29, 0.717) is 0 Å². The molecule has 0 saturated heterocycles. The second-order valence-corrected chi connectivity index (χ2v) is 7.79. The molecule has 0 aliphatic carbocycles. The molecule has 0 atom stereocenters. The Bertz CT molecular complexity index is 793. The molecule has 0 saturated carbocycles. The van der Waals surface area contributed by atoms with Crippen LogP contribution in [0, 0.1) is 6.92 Å². The molecule has 0 bridgehead atoms. The minimum atomic E-state index is 0.832. The first-order chi connectivity index (χ1) is 12.7. The van der Waals surface area contributed by atoms with Gasteiger partial charge in [-0.25, -0.2) is 4.31 Å². The molecule has 3 aromatic carbocycles. The predicted molar refractivity (Wildman–Crippen MR) is 113 cm³/mol. The van der Waals surface area contributed by atoms with Crippen molar-refractivity contribution in [2.45, 2.75) is 18.4 Å². The second-order valence-electron chi connectivity index (χ2n) is 5.97. The summed E-state index contributed by atoms with van der Waals surface area (Å²) >= 11 is 2.95. The Morgan fingerprint density at radius 1 is 0.885 bits per heavy atom. The van der Waals surface area contributed by atoms with Crippen LogP contribution in [0.2, 0.25) is 0 Å². The highest BCUT2D eigenvalue weighted by molar-refractivity contribution is 8.00. The number of nitrogens with one attached hydrogen (secondary N) is 1. The first-order valence-electron chi connectivity index (χ1n) is 8.38. The maximum atomic E-state index is 5.78. The van der Waals surface area contributed by atoms with Crippen molar-refractivity contribution in [1.29, 1.82) is 0 Å². The summed E-state index contributed by atoms with van der Waals surface area (Å²) in [5.74, 6) is 0.834. The molecular weight excluding hydrogens is 360 g/mol. The van der Waals surface area contributed by atoms with E-state index in [1.54, 1.807) is 11.9 Å². The molecule has 3 aromatic rings. The second kappa shape index (κ2) is 9.57. The first-order valence-corrected chi connectivity index (χ1v) is 9.90. The van der Waals surface area contributed by atoms with Gasteiger partial charge in [-0.2, -0.15) is 0 Å². The Labute approximate surface area is 164 Å². The lowest BCUT2D eigenvalue weighted by atomic mass is 10.2. The molecule has 0 unspecified atom stereocenters. The minimum absolute atomic E-state index is 0.832. The lowest BCUT2D eigenvalue weighted by Gasteiger charge is -2.15. The van der Waals surface area contributed by atoms with Gasteiger partial charge in [0.25, 0.3) is 0 Å². The van der Waals surface area contributed by atoms with Gasteiger partial charge in [0, 0.05) is 24.2 Å². The van der Waals surface area contributed by atoms with Gasteiger partial charge in [0.15, 0.2) is 0 Å². The Morgan fingerprint density at radius 3 is 2.27 bits per heavy atom. The molecule has 0 aliphatic heterocycles. The molecule has 3 nitrogen and oxygen atoms in total. The lowest BCUT2D eigenvalue weighted by molar-refractivity contribution is 0.508. The van der Waals surface area contributed by atoms with E-state index >= 15 is 0 Å². The van der Waals surface area contributed by atoms with Crippen LogP contribution in [0.25, 0.3) is 0 Å². The van der Waals surface area contributed by atoms with Crippen LogP contribution < -0.4 is 8.91 Å². The van der Waals surface area contributed by atoms with E-state index in [0.717, 1.165) is 18.0 Å². The van der Waals surface area contributed by atoms with Gasteiger partial charge in [0.2, 0.25) is 0 Å². The van der Waals surface area contributed by atoms with Crippen molar-refractivity contribution in [3.63, 3.8) is 0 Å². The monoisotopic (exact) mass is 382 g/mol. The predicted octanol–water partition coefficient (Wildman–Crippen LogP) is 6.19. The molecule has 5 heteroatoms. The SMILES string of the molecule is Cc1ccc(SNc2ccc(OSN(C)Cc3ccccc3)cc2)cc1. The molecular formula is C21H22N2OS2. The summed E-state index contributed by atoms with van der Waals surface area (Å²) in [6, 6.07) is 26.8. The Morgan fingerprint density at radius 2 is 1.58 bits per heavy atom. The van der Waals surface area contributed by atoms with Crippen LogP contribution in [-0.2, 0) is 6.54 Å². The molecule has 0 aromatic heterocycles. The summed E-state index contributed by atoms with van der Waals surface area (Å²) in [5, 5.41) is 0. The quantitative estimate of drug-likeness (QED) is 0.370. The Kier molecular flexibility index (Phi) is 6.89. The largest absolute Gasteiger partial charge is 0.409 e. The molecule has 0 amide bonds. The first kappa shape index (κ1) is 18.7. The van der Waals surface area contributed by atoms with Gasteiger partial charge in [-0.05, 0) is 60.8 Å². The summed E-state index contributed by atoms with van der Waals surface area (Å²) in [5.41, 5.74) is 3.58. The highest BCUT2D eigenvalue weighted by Gasteiger charge is 2.04. The zero-order valence-corrected chi connectivity index (χ0v) is 16.5. The van der Waals surface area contributed by atoms with Gasteiger partial charge in [0.1, 0.15) is 18.0 Å². The van der Waals surface area contributed by atoms with E-state index in [2.05, 4.69) is 64.5 Å². The van der Waals surface area contributed by atoms with E-state index < -0.39 is 0 Å². The number of aryl methyl sites for hydroxylation is 1. The van der Waals surface area contributed by atoms with Crippen LogP contribution in [0.4, 0.5) is 5.69 Å². The maximum absolute atomic E-state index is 5.78. The summed E-state index contributed by atoms with van der Waals surface area (Å²) in [7, 11) is 2.02. The lowest BCUT2D eigenvalue weighted by Crippen LogP contribution is -2.10. The third-order valence-electron chi connectivity index (χ3n) is 3.67. The number of anilines is 1. The van der Waals surface area contributed by atoms with Crippen LogP contribution in [0.1, 0.15) is 11.1 Å². The average molecular weight is 383 g/mol. The van der Waals surface area contributed by atoms with E-state index in [1.165, 1.54) is 28.3 Å². The van der Waals surface area contributed by atoms with Crippen molar-refractivity contribution in [2.24, 2.45) is 0 Å². The van der Waals surface area contributed by atoms with Crippen LogP contribution in [0.5, 0.6) is 5.75 Å². The zero-order chi connectivity index (χ0) is 18.2. The summed E-state index contributed by atoms with van der Waals surface area (Å²) in [6.07, 6.45) is 0. The van der Waals surface area contributed by atoms with E-state index in [9.17, 15) is 0 Å². The smallest absolute Gasteiger partial charge is 0.146 e. The molecule has 1 N–H and O–H groups in total. The molecule has 3 rings (SSSR count). The fourth-order valence-corrected chi connectivity index (χ4v) is 3.45. The van der Waals surface area contributed by atoms with Crippen molar-refractivity contribution in [1.82, 2.24) is 4.31 Å². The van der Waals surface area contributed by atoms with Crippen LogP contribution >= 0.6 is 24.2 Å². The third-order valence-corrected chi connectivity index (χ3v) is 5.17. The molecule has 0 aliphatic rings. The van der Waals surface area contributed by atoms with Gasteiger partial charge in [-0.3, -0.25) is 0 Å². The Balaban J connectivity index is 1.44. The van der Waals surface area contributed by atoms with E-state index in [-0.39, 0.29) is 0 Å². The topological polar surface area (TPSA) is 24.5 Å². The van der Waals surface area contributed by atoms with Crippen LogP contribution in [0.15, 0.2) is 83.8 Å². The highest BCUT2D eigenvalue weighted by atomic mass is 32.2. The number of hydrogen-bond acceptors (Lipinski definition) is 5. The maximum Gasteiger partial charge on any atom is 0.146 e. The van der Waals surface area contributed by atoms with Crippen molar-refractivity contribution in [3.05, 3.63) is 90.0 Å². The normalized spacial score (nSPS) is 10.7. The van der Waals surface area contributed by atoms with Gasteiger partial charge in [0.05, 0.1) is 0 Å². The van der Waals surface area contributed by atoms with E-state index in [4.69, 9.17) is 4.18 Å². The molecule has 0 radical (unpaired) electrons. The standard InChI is InChI=1S/C21H22N2OS2/c1-17-8-14-21(15-9-17)25-22-19-10-12-20(13-11-19)24-26-23(2)16-18-6-4-3-5-7-18/h3-15,22H,16H2,1-2H3. The zero-order valence-electron chi connectivity index (χ0n) is 14.9. The summed E-state index contributed by atoms with van der Waals surface area (Å²) in [6.45, 7) is 2.92. The minimum Gasteiger partial charge on any atom is -0.409 e. The fourth-order valence-electron chi connectivity index (χ4n) is 2.28.